The van der Waals surface area contributed by atoms with E-state index < -0.39 is 0 Å². The van der Waals surface area contributed by atoms with Crippen LogP contribution >= 0.6 is 0 Å². The molecule has 0 fully saturated rings. The number of allylic oxidation sites excluding steroid dienone is 1. The highest BCUT2D eigenvalue weighted by molar-refractivity contribution is 4.95. The molecule has 78 valence electrons. The quantitative estimate of drug-likeness (QED) is 0.524. The maximum atomic E-state index is 3.98. The van der Waals surface area contributed by atoms with E-state index in [4.69, 9.17) is 0 Å². The molecule has 0 aromatic heterocycles. The maximum Gasteiger partial charge on any atom is -0.0180 e. The van der Waals surface area contributed by atoms with Crippen LogP contribution in [-0.2, 0) is 0 Å². The Balaban J connectivity index is 4.82. The Labute approximate surface area is 84.4 Å². The molecule has 0 nitrogen and oxygen atoms in total. The van der Waals surface area contributed by atoms with Crippen molar-refractivity contribution in [3.63, 3.8) is 0 Å². The minimum absolute atomic E-state index is 0.483. The summed E-state index contributed by atoms with van der Waals surface area (Å²) in [6.07, 6.45) is 5.92. The fraction of sp³-hybridized carbons (Fsp3) is 0.846. The Morgan fingerprint density at radius 1 is 1.15 bits per heavy atom. The van der Waals surface area contributed by atoms with Gasteiger partial charge in [-0.1, -0.05) is 40.7 Å². The van der Waals surface area contributed by atoms with Gasteiger partial charge in [0, 0.05) is 0 Å². The van der Waals surface area contributed by atoms with Gasteiger partial charge in [-0.2, -0.15) is 0 Å². The van der Waals surface area contributed by atoms with Crippen LogP contribution in [0.4, 0.5) is 0 Å². The van der Waals surface area contributed by atoms with Gasteiger partial charge >= 0.3 is 0 Å². The molecule has 0 amide bonds. The van der Waals surface area contributed by atoms with E-state index in [1.165, 1.54) is 19.3 Å². The smallest absolute Gasteiger partial charge is 0.0180 e. The lowest BCUT2D eigenvalue weighted by Crippen LogP contribution is -2.33. The average Bonchev–Trinajstić information content (AvgIpc) is 2.13. The molecular weight excluding hydrogens is 156 g/mol. The average molecular weight is 182 g/mol. The molecule has 0 spiro atoms. The molecule has 0 aromatic carbocycles. The van der Waals surface area contributed by atoms with Crippen molar-refractivity contribution in [1.82, 2.24) is 0 Å². The molecule has 13 heavy (non-hydrogen) atoms. The molecule has 0 heteroatoms. The molecule has 0 saturated heterocycles. The highest BCUT2D eigenvalue weighted by Gasteiger charge is 2.35. The number of hydrogen-bond acceptors (Lipinski definition) is 0. The number of rotatable bonds is 6. The first kappa shape index (κ1) is 12.7. The van der Waals surface area contributed by atoms with Crippen LogP contribution in [0, 0.1) is 17.3 Å². The van der Waals surface area contributed by atoms with Gasteiger partial charge in [-0.05, 0) is 36.5 Å². The van der Waals surface area contributed by atoms with Gasteiger partial charge in [0.05, 0.1) is 0 Å². The van der Waals surface area contributed by atoms with Gasteiger partial charge in [-0.3, -0.25) is 0 Å². The van der Waals surface area contributed by atoms with Crippen LogP contribution < -0.4 is 0 Å². The summed E-state index contributed by atoms with van der Waals surface area (Å²) in [6.45, 7) is 15.6. The fourth-order valence-corrected chi connectivity index (χ4v) is 2.83. The van der Waals surface area contributed by atoms with Gasteiger partial charge in [0.25, 0.3) is 0 Å². The summed E-state index contributed by atoms with van der Waals surface area (Å²) >= 11 is 0. The summed E-state index contributed by atoms with van der Waals surface area (Å²) < 4.78 is 0. The topological polar surface area (TPSA) is 0 Å². The Hall–Kier alpha value is -0.260. The molecule has 0 N–H and O–H groups in total. The lowest BCUT2D eigenvalue weighted by molar-refractivity contribution is 0.103. The normalized spacial score (nSPS) is 14.6. The van der Waals surface area contributed by atoms with Crippen LogP contribution in [0.2, 0.25) is 0 Å². The molecule has 0 aliphatic heterocycles. The Bertz CT molecular complexity index is 140. The van der Waals surface area contributed by atoms with Crippen LogP contribution in [0.1, 0.15) is 53.9 Å². The van der Waals surface area contributed by atoms with E-state index >= 15 is 0 Å². The molecule has 0 radical (unpaired) electrons. The first-order chi connectivity index (χ1) is 6.08. The zero-order valence-electron chi connectivity index (χ0n) is 10.1. The second-order valence-corrected chi connectivity index (χ2v) is 4.35. The first-order valence-corrected chi connectivity index (χ1v) is 5.71. The zero-order valence-corrected chi connectivity index (χ0v) is 10.1. The monoisotopic (exact) mass is 182 g/mol. The molecule has 0 aromatic rings. The van der Waals surface area contributed by atoms with Crippen LogP contribution in [0.25, 0.3) is 0 Å². The SMILES string of the molecule is C=CC(CC)C(CC)(CC)C(C)C. The Morgan fingerprint density at radius 2 is 1.62 bits per heavy atom. The van der Waals surface area contributed by atoms with E-state index in [-0.39, 0.29) is 0 Å². The molecular formula is C13H26. The highest BCUT2D eigenvalue weighted by atomic mass is 14.4. The summed E-state index contributed by atoms with van der Waals surface area (Å²) in [5, 5.41) is 0. The third-order valence-electron chi connectivity index (χ3n) is 3.93. The molecule has 0 saturated carbocycles. The predicted octanol–water partition coefficient (Wildman–Crippen LogP) is 4.66. The zero-order chi connectivity index (χ0) is 10.5. The predicted molar refractivity (Wildman–Crippen MR) is 61.8 cm³/mol. The largest absolute Gasteiger partial charge is 0.103 e. The molecule has 0 aliphatic rings. The van der Waals surface area contributed by atoms with Crippen molar-refractivity contribution in [3.8, 4) is 0 Å². The number of hydrogen-bond donors (Lipinski definition) is 0. The van der Waals surface area contributed by atoms with Crippen molar-refractivity contribution in [3.05, 3.63) is 12.7 Å². The van der Waals surface area contributed by atoms with Gasteiger partial charge in [0.15, 0.2) is 0 Å². The van der Waals surface area contributed by atoms with E-state index in [0.717, 1.165) is 5.92 Å². The molecule has 0 rings (SSSR count). The molecule has 1 unspecified atom stereocenters. The maximum absolute atomic E-state index is 3.98. The van der Waals surface area contributed by atoms with Gasteiger partial charge in [0.1, 0.15) is 0 Å². The van der Waals surface area contributed by atoms with Crippen molar-refractivity contribution in [1.29, 1.82) is 0 Å². The summed E-state index contributed by atoms with van der Waals surface area (Å²) in [7, 11) is 0. The van der Waals surface area contributed by atoms with Crippen molar-refractivity contribution < 1.29 is 0 Å². The standard InChI is InChI=1S/C13H26/c1-7-12(8-2)13(9-3,10-4)11(5)6/h7,11-12H,1,8-10H2,2-6H3. The fourth-order valence-electron chi connectivity index (χ4n) is 2.83. The van der Waals surface area contributed by atoms with Gasteiger partial charge in [-0.25, -0.2) is 0 Å². The minimum atomic E-state index is 0.483. The van der Waals surface area contributed by atoms with E-state index in [1.54, 1.807) is 0 Å². The van der Waals surface area contributed by atoms with Gasteiger partial charge < -0.3 is 0 Å². The van der Waals surface area contributed by atoms with Crippen molar-refractivity contribution in [2.75, 3.05) is 0 Å². The third kappa shape index (κ3) is 2.36. The van der Waals surface area contributed by atoms with Crippen molar-refractivity contribution >= 4 is 0 Å². The highest BCUT2D eigenvalue weighted by Crippen LogP contribution is 2.44. The second-order valence-electron chi connectivity index (χ2n) is 4.35. The van der Waals surface area contributed by atoms with Crippen LogP contribution in [0.3, 0.4) is 0 Å². The van der Waals surface area contributed by atoms with Crippen LogP contribution in [-0.4, -0.2) is 0 Å². The molecule has 0 bridgehead atoms. The van der Waals surface area contributed by atoms with Crippen LogP contribution in [0.5, 0.6) is 0 Å². The lowest BCUT2D eigenvalue weighted by atomic mass is 9.63. The summed E-state index contributed by atoms with van der Waals surface area (Å²) in [4.78, 5) is 0. The van der Waals surface area contributed by atoms with Gasteiger partial charge in [0.2, 0.25) is 0 Å². The summed E-state index contributed by atoms with van der Waals surface area (Å²) in [5.74, 6) is 1.44. The van der Waals surface area contributed by atoms with E-state index in [9.17, 15) is 0 Å². The van der Waals surface area contributed by atoms with E-state index in [1.807, 2.05) is 0 Å². The van der Waals surface area contributed by atoms with E-state index in [2.05, 4.69) is 47.3 Å². The lowest BCUT2D eigenvalue weighted by Gasteiger charge is -2.42. The van der Waals surface area contributed by atoms with Crippen molar-refractivity contribution in [2.45, 2.75) is 53.9 Å². The van der Waals surface area contributed by atoms with Gasteiger partial charge in [-0.15, -0.1) is 6.58 Å². The third-order valence-corrected chi connectivity index (χ3v) is 3.93. The van der Waals surface area contributed by atoms with E-state index in [0.29, 0.717) is 11.3 Å². The summed E-state index contributed by atoms with van der Waals surface area (Å²) in [6, 6.07) is 0. The Kier molecular flexibility index (Phi) is 5.36. The first-order valence-electron chi connectivity index (χ1n) is 5.71. The molecule has 0 aliphatic carbocycles. The molecule has 0 heterocycles. The van der Waals surface area contributed by atoms with Crippen LogP contribution in [0.15, 0.2) is 12.7 Å². The summed E-state index contributed by atoms with van der Waals surface area (Å²) in [5.41, 5.74) is 0.483. The Morgan fingerprint density at radius 3 is 1.69 bits per heavy atom. The minimum Gasteiger partial charge on any atom is -0.103 e. The van der Waals surface area contributed by atoms with Crippen molar-refractivity contribution in [2.24, 2.45) is 17.3 Å². The second kappa shape index (κ2) is 5.47. The molecule has 1 atom stereocenters.